The summed E-state index contributed by atoms with van der Waals surface area (Å²) in [5.74, 6) is 0.786. The van der Waals surface area contributed by atoms with Crippen LogP contribution in [0.4, 0.5) is 5.69 Å². The lowest BCUT2D eigenvalue weighted by Crippen LogP contribution is -2.42. The lowest BCUT2D eigenvalue weighted by atomic mass is 9.91. The molecule has 1 aliphatic rings. The van der Waals surface area contributed by atoms with Gasteiger partial charge in [-0.1, -0.05) is 12.8 Å². The van der Waals surface area contributed by atoms with E-state index in [0.717, 1.165) is 30.0 Å². The molecular weight excluding hydrogens is 214 g/mol. The molecule has 0 radical (unpaired) electrons. The topological polar surface area (TPSA) is 60.2 Å². The maximum absolute atomic E-state index is 6.14. The molecule has 1 heterocycles. The summed E-state index contributed by atoms with van der Waals surface area (Å²) in [6, 6.07) is 2.60. The fourth-order valence-electron chi connectivity index (χ4n) is 2.36. The zero-order valence-electron chi connectivity index (χ0n) is 10.6. The Labute approximate surface area is 103 Å². The van der Waals surface area contributed by atoms with Gasteiger partial charge in [-0.3, -0.25) is 4.98 Å². The van der Waals surface area contributed by atoms with Gasteiger partial charge in [0.2, 0.25) is 0 Å². The van der Waals surface area contributed by atoms with Crippen molar-refractivity contribution in [2.24, 2.45) is 5.73 Å². The summed E-state index contributed by atoms with van der Waals surface area (Å²) in [7, 11) is 1.67. The summed E-state index contributed by atoms with van der Waals surface area (Å²) in [5, 5.41) is 3.50. The molecule has 1 saturated carbocycles. The van der Waals surface area contributed by atoms with Crippen LogP contribution in [-0.2, 0) is 0 Å². The van der Waals surface area contributed by atoms with E-state index in [-0.39, 0.29) is 6.04 Å². The molecule has 0 amide bonds. The minimum Gasteiger partial charge on any atom is -0.493 e. The molecule has 94 valence electrons. The summed E-state index contributed by atoms with van der Waals surface area (Å²) in [4.78, 5) is 4.23. The Bertz CT molecular complexity index is 381. The van der Waals surface area contributed by atoms with Crippen LogP contribution in [0.2, 0.25) is 0 Å². The van der Waals surface area contributed by atoms with Gasteiger partial charge in [0.15, 0.2) is 5.75 Å². The normalized spacial score (nSPS) is 24.4. The van der Waals surface area contributed by atoms with E-state index in [4.69, 9.17) is 10.5 Å². The third-order valence-corrected chi connectivity index (χ3v) is 3.38. The van der Waals surface area contributed by atoms with Crippen molar-refractivity contribution in [1.82, 2.24) is 4.98 Å². The van der Waals surface area contributed by atoms with Crippen molar-refractivity contribution in [3.8, 4) is 5.75 Å². The second-order valence-electron chi connectivity index (χ2n) is 4.73. The maximum atomic E-state index is 6.14. The van der Waals surface area contributed by atoms with E-state index in [1.807, 2.05) is 13.0 Å². The average molecular weight is 235 g/mol. The molecule has 17 heavy (non-hydrogen) atoms. The van der Waals surface area contributed by atoms with Crippen LogP contribution in [0.1, 0.15) is 31.4 Å². The van der Waals surface area contributed by atoms with E-state index in [0.29, 0.717) is 6.04 Å². The lowest BCUT2D eigenvalue weighted by Gasteiger charge is -2.30. The van der Waals surface area contributed by atoms with Crippen molar-refractivity contribution in [1.29, 1.82) is 0 Å². The second-order valence-corrected chi connectivity index (χ2v) is 4.73. The monoisotopic (exact) mass is 235 g/mol. The molecule has 0 bridgehead atoms. The average Bonchev–Trinajstić information content (AvgIpc) is 2.32. The number of aryl methyl sites for hydroxylation is 1. The van der Waals surface area contributed by atoms with Crippen molar-refractivity contribution >= 4 is 5.69 Å². The second kappa shape index (κ2) is 5.36. The number of pyridine rings is 1. The SMILES string of the molecule is COc1cnc(C)cc1NC1CCCCC1N. The molecular formula is C13H21N3O. The summed E-state index contributed by atoms with van der Waals surface area (Å²) in [5.41, 5.74) is 8.12. The zero-order chi connectivity index (χ0) is 12.3. The van der Waals surface area contributed by atoms with Crippen molar-refractivity contribution < 1.29 is 4.74 Å². The Balaban J connectivity index is 2.13. The van der Waals surface area contributed by atoms with Crippen molar-refractivity contribution in [3.63, 3.8) is 0 Å². The Morgan fingerprint density at radius 2 is 2.18 bits per heavy atom. The number of nitrogens with zero attached hydrogens (tertiary/aromatic N) is 1. The van der Waals surface area contributed by atoms with Gasteiger partial charge < -0.3 is 15.8 Å². The van der Waals surface area contributed by atoms with E-state index in [9.17, 15) is 0 Å². The van der Waals surface area contributed by atoms with Crippen LogP contribution in [0.5, 0.6) is 5.75 Å². The highest BCUT2D eigenvalue weighted by Crippen LogP contribution is 2.27. The summed E-state index contributed by atoms with van der Waals surface area (Å²) in [6.45, 7) is 1.98. The number of methoxy groups -OCH3 is 1. The molecule has 0 aromatic carbocycles. The number of anilines is 1. The van der Waals surface area contributed by atoms with Crippen molar-refractivity contribution in [2.75, 3.05) is 12.4 Å². The number of aromatic nitrogens is 1. The fourth-order valence-corrected chi connectivity index (χ4v) is 2.36. The molecule has 4 heteroatoms. The van der Waals surface area contributed by atoms with Crippen LogP contribution >= 0.6 is 0 Å². The molecule has 1 aromatic rings. The van der Waals surface area contributed by atoms with Gasteiger partial charge in [-0.25, -0.2) is 0 Å². The Morgan fingerprint density at radius 1 is 1.41 bits per heavy atom. The highest BCUT2D eigenvalue weighted by molar-refractivity contribution is 5.56. The Morgan fingerprint density at radius 3 is 2.88 bits per heavy atom. The predicted molar refractivity (Wildman–Crippen MR) is 69.4 cm³/mol. The van der Waals surface area contributed by atoms with E-state index in [2.05, 4.69) is 10.3 Å². The number of nitrogens with two attached hydrogens (primary N) is 1. The van der Waals surface area contributed by atoms with Crippen LogP contribution in [-0.4, -0.2) is 24.2 Å². The molecule has 1 aromatic heterocycles. The van der Waals surface area contributed by atoms with Gasteiger partial charge in [-0.05, 0) is 25.8 Å². The Hall–Kier alpha value is -1.29. The summed E-state index contributed by atoms with van der Waals surface area (Å²) < 4.78 is 5.31. The van der Waals surface area contributed by atoms with Crippen LogP contribution < -0.4 is 15.8 Å². The molecule has 0 spiro atoms. The first-order chi connectivity index (χ1) is 8.20. The van der Waals surface area contributed by atoms with Crippen LogP contribution in [0, 0.1) is 6.92 Å². The molecule has 1 fully saturated rings. The maximum Gasteiger partial charge on any atom is 0.160 e. The van der Waals surface area contributed by atoms with Gasteiger partial charge in [0.05, 0.1) is 19.0 Å². The molecule has 3 N–H and O–H groups in total. The third-order valence-electron chi connectivity index (χ3n) is 3.38. The van der Waals surface area contributed by atoms with E-state index >= 15 is 0 Å². The number of rotatable bonds is 3. The van der Waals surface area contributed by atoms with Crippen LogP contribution in [0.25, 0.3) is 0 Å². The van der Waals surface area contributed by atoms with Gasteiger partial charge in [-0.2, -0.15) is 0 Å². The number of hydrogen-bond acceptors (Lipinski definition) is 4. The first-order valence-electron chi connectivity index (χ1n) is 6.23. The number of nitrogens with one attached hydrogen (secondary N) is 1. The first kappa shape index (κ1) is 12.2. The van der Waals surface area contributed by atoms with Crippen molar-refractivity contribution in [2.45, 2.75) is 44.7 Å². The molecule has 1 aliphatic carbocycles. The van der Waals surface area contributed by atoms with Gasteiger partial charge in [-0.15, -0.1) is 0 Å². The molecule has 2 rings (SSSR count). The minimum absolute atomic E-state index is 0.238. The fraction of sp³-hybridized carbons (Fsp3) is 0.615. The molecule has 2 unspecified atom stereocenters. The predicted octanol–water partition coefficient (Wildman–Crippen LogP) is 2.08. The smallest absolute Gasteiger partial charge is 0.160 e. The zero-order valence-corrected chi connectivity index (χ0v) is 10.6. The molecule has 0 aliphatic heterocycles. The van der Waals surface area contributed by atoms with Gasteiger partial charge in [0, 0.05) is 17.8 Å². The van der Waals surface area contributed by atoms with Gasteiger partial charge in [0.25, 0.3) is 0 Å². The van der Waals surface area contributed by atoms with E-state index < -0.39 is 0 Å². The standard InChI is InChI=1S/C13H21N3O/c1-9-7-12(13(17-2)8-15-9)16-11-6-4-3-5-10(11)14/h7-8,10-11H,3-6,14H2,1-2H3,(H,15,16). The van der Waals surface area contributed by atoms with Crippen LogP contribution in [0.15, 0.2) is 12.3 Å². The van der Waals surface area contributed by atoms with E-state index in [1.54, 1.807) is 13.3 Å². The van der Waals surface area contributed by atoms with Crippen LogP contribution in [0.3, 0.4) is 0 Å². The van der Waals surface area contributed by atoms with Gasteiger partial charge >= 0.3 is 0 Å². The molecule has 0 saturated heterocycles. The number of ether oxygens (including phenoxy) is 1. The largest absolute Gasteiger partial charge is 0.493 e. The quantitative estimate of drug-likeness (QED) is 0.842. The molecule has 4 nitrogen and oxygen atoms in total. The minimum atomic E-state index is 0.238. The first-order valence-corrected chi connectivity index (χ1v) is 6.23. The highest BCUT2D eigenvalue weighted by atomic mass is 16.5. The summed E-state index contributed by atoms with van der Waals surface area (Å²) >= 11 is 0. The highest BCUT2D eigenvalue weighted by Gasteiger charge is 2.22. The van der Waals surface area contributed by atoms with Crippen molar-refractivity contribution in [3.05, 3.63) is 18.0 Å². The van der Waals surface area contributed by atoms with Gasteiger partial charge in [0.1, 0.15) is 0 Å². The third kappa shape index (κ3) is 2.88. The summed E-state index contributed by atoms with van der Waals surface area (Å²) in [6.07, 6.45) is 6.48. The molecule has 2 atom stereocenters. The Kier molecular flexibility index (Phi) is 3.84. The lowest BCUT2D eigenvalue weighted by molar-refractivity contribution is 0.395. The van der Waals surface area contributed by atoms with E-state index in [1.165, 1.54) is 12.8 Å². The number of hydrogen-bond donors (Lipinski definition) is 2.